The second kappa shape index (κ2) is 4.72. The molecular formula is C10H11NOS. The Labute approximate surface area is 83.0 Å². The molecule has 13 heavy (non-hydrogen) atoms. The lowest BCUT2D eigenvalue weighted by molar-refractivity contribution is -0.114. The summed E-state index contributed by atoms with van der Waals surface area (Å²) in [7, 11) is 0. The van der Waals surface area contributed by atoms with Crippen LogP contribution in [0.5, 0.6) is 0 Å². The number of carbonyl (C=O) groups excluding carboxylic acids is 1. The molecule has 0 saturated heterocycles. The molecule has 0 atom stereocenters. The Morgan fingerprint density at radius 3 is 2.54 bits per heavy atom. The lowest BCUT2D eigenvalue weighted by Gasteiger charge is -2.02. The summed E-state index contributed by atoms with van der Waals surface area (Å²) in [4.78, 5) is 10.7. The zero-order valence-corrected chi connectivity index (χ0v) is 8.23. The van der Waals surface area contributed by atoms with Crippen molar-refractivity contribution in [1.29, 1.82) is 0 Å². The lowest BCUT2D eigenvalue weighted by Crippen LogP contribution is -2.05. The molecule has 0 saturated carbocycles. The molecule has 0 aliphatic heterocycles. The normalized spacial score (nSPS) is 9.31. The Morgan fingerprint density at radius 2 is 2.08 bits per heavy atom. The first-order valence-corrected chi connectivity index (χ1v) is 4.49. The van der Waals surface area contributed by atoms with Crippen molar-refractivity contribution >= 4 is 29.2 Å². The molecule has 0 heterocycles. The summed E-state index contributed by atoms with van der Waals surface area (Å²) >= 11 is 4.74. The fraction of sp³-hybridized carbons (Fsp3) is 0.200. The second-order valence-electron chi connectivity index (χ2n) is 2.75. The number of carbonyl (C=O) groups is 1. The molecule has 0 bridgehead atoms. The first-order valence-electron chi connectivity index (χ1n) is 4.02. The quantitative estimate of drug-likeness (QED) is 0.745. The predicted octanol–water partition coefficient (Wildman–Crippen LogP) is 2.19. The van der Waals surface area contributed by atoms with Crippen LogP contribution in [-0.2, 0) is 11.2 Å². The molecule has 0 aliphatic rings. The minimum Gasteiger partial charge on any atom is -0.326 e. The molecule has 3 heteroatoms. The van der Waals surface area contributed by atoms with Crippen LogP contribution in [0.3, 0.4) is 0 Å². The predicted molar refractivity (Wildman–Crippen MR) is 58.1 cm³/mol. The summed E-state index contributed by atoms with van der Waals surface area (Å²) in [6, 6.07) is 7.65. The molecule has 0 radical (unpaired) electrons. The van der Waals surface area contributed by atoms with E-state index < -0.39 is 0 Å². The SMILES string of the molecule is CC(=O)Nc1ccc(CC=S)cc1. The molecule has 2 nitrogen and oxygen atoms in total. The minimum atomic E-state index is -0.0532. The number of nitrogens with one attached hydrogen (secondary N) is 1. The highest BCUT2D eigenvalue weighted by Crippen LogP contribution is 2.09. The van der Waals surface area contributed by atoms with Crippen molar-refractivity contribution in [3.8, 4) is 0 Å². The Balaban J connectivity index is 2.69. The van der Waals surface area contributed by atoms with Crippen LogP contribution in [0.1, 0.15) is 12.5 Å². The smallest absolute Gasteiger partial charge is 0.221 e. The highest BCUT2D eigenvalue weighted by atomic mass is 32.1. The molecule has 1 N–H and O–H groups in total. The number of benzene rings is 1. The third kappa shape index (κ3) is 3.34. The third-order valence-corrected chi connectivity index (χ3v) is 1.76. The van der Waals surface area contributed by atoms with Gasteiger partial charge in [0, 0.05) is 19.0 Å². The Kier molecular flexibility index (Phi) is 3.58. The van der Waals surface area contributed by atoms with Crippen molar-refractivity contribution in [2.45, 2.75) is 13.3 Å². The molecule has 0 aliphatic carbocycles. The van der Waals surface area contributed by atoms with E-state index in [-0.39, 0.29) is 5.91 Å². The number of hydrogen-bond donors (Lipinski definition) is 1. The average molecular weight is 193 g/mol. The molecule has 1 amide bonds. The first kappa shape index (κ1) is 9.86. The highest BCUT2D eigenvalue weighted by Gasteiger charge is 1.94. The van der Waals surface area contributed by atoms with Crippen molar-refractivity contribution in [3.05, 3.63) is 29.8 Å². The molecule has 1 aromatic rings. The summed E-state index contributed by atoms with van der Waals surface area (Å²) in [5.74, 6) is -0.0532. The van der Waals surface area contributed by atoms with E-state index in [9.17, 15) is 4.79 Å². The van der Waals surface area contributed by atoms with Gasteiger partial charge >= 0.3 is 0 Å². The third-order valence-electron chi connectivity index (χ3n) is 1.59. The van der Waals surface area contributed by atoms with Gasteiger partial charge in [-0.2, -0.15) is 0 Å². The van der Waals surface area contributed by atoms with Crippen molar-refractivity contribution < 1.29 is 4.79 Å². The van der Waals surface area contributed by atoms with Gasteiger partial charge in [-0.1, -0.05) is 24.4 Å². The summed E-state index contributed by atoms with van der Waals surface area (Å²) in [5, 5.41) is 4.39. The van der Waals surface area contributed by atoms with Crippen LogP contribution in [0.25, 0.3) is 0 Å². The summed E-state index contributed by atoms with van der Waals surface area (Å²) in [6.07, 6.45) is 0.787. The van der Waals surface area contributed by atoms with Crippen LogP contribution < -0.4 is 5.32 Å². The fourth-order valence-corrected chi connectivity index (χ4v) is 1.22. The first-order chi connectivity index (χ1) is 6.22. The van der Waals surface area contributed by atoms with Crippen LogP contribution in [0.4, 0.5) is 5.69 Å². The minimum absolute atomic E-state index is 0.0532. The summed E-state index contributed by atoms with van der Waals surface area (Å²) < 4.78 is 0. The zero-order valence-electron chi connectivity index (χ0n) is 7.41. The van der Waals surface area contributed by atoms with Gasteiger partial charge in [-0.15, -0.1) is 0 Å². The molecule has 1 aromatic carbocycles. The molecule has 0 aromatic heterocycles. The maximum atomic E-state index is 10.7. The van der Waals surface area contributed by atoms with E-state index >= 15 is 0 Å². The van der Waals surface area contributed by atoms with Crippen molar-refractivity contribution in [2.24, 2.45) is 0 Å². The van der Waals surface area contributed by atoms with Crippen molar-refractivity contribution in [2.75, 3.05) is 5.32 Å². The topological polar surface area (TPSA) is 29.1 Å². The van der Waals surface area contributed by atoms with E-state index in [1.165, 1.54) is 6.92 Å². The molecule has 0 spiro atoms. The zero-order chi connectivity index (χ0) is 9.68. The molecular weight excluding hydrogens is 182 g/mol. The van der Waals surface area contributed by atoms with Gasteiger partial charge in [0.2, 0.25) is 5.91 Å². The van der Waals surface area contributed by atoms with E-state index in [0.717, 1.165) is 17.7 Å². The molecule has 68 valence electrons. The highest BCUT2D eigenvalue weighted by molar-refractivity contribution is 7.78. The standard InChI is InChI=1S/C10H11NOS/c1-8(12)11-10-4-2-9(3-5-10)6-7-13/h2-5,7H,6H2,1H3,(H,11,12). The Hall–Kier alpha value is -1.22. The van der Waals surface area contributed by atoms with Gasteiger partial charge in [0.05, 0.1) is 0 Å². The summed E-state index contributed by atoms with van der Waals surface area (Å²) in [6.45, 7) is 1.49. The van der Waals surface area contributed by atoms with Gasteiger partial charge in [-0.25, -0.2) is 0 Å². The van der Waals surface area contributed by atoms with Crippen LogP contribution in [0, 0.1) is 0 Å². The number of amides is 1. The van der Waals surface area contributed by atoms with Gasteiger partial charge < -0.3 is 5.32 Å². The largest absolute Gasteiger partial charge is 0.326 e. The number of thiocarbonyl (C=S) groups is 1. The second-order valence-corrected chi connectivity index (χ2v) is 3.08. The van der Waals surface area contributed by atoms with Gasteiger partial charge in [0.1, 0.15) is 0 Å². The van der Waals surface area contributed by atoms with Gasteiger partial charge in [0.15, 0.2) is 0 Å². The maximum absolute atomic E-state index is 10.7. The fourth-order valence-electron chi connectivity index (χ4n) is 1.02. The molecule has 0 fully saturated rings. The van der Waals surface area contributed by atoms with E-state index in [0.29, 0.717) is 0 Å². The summed E-state index contributed by atoms with van der Waals surface area (Å²) in [5.41, 5.74) is 1.98. The van der Waals surface area contributed by atoms with Gasteiger partial charge in [-0.3, -0.25) is 4.79 Å². The maximum Gasteiger partial charge on any atom is 0.221 e. The van der Waals surface area contributed by atoms with E-state index in [2.05, 4.69) is 5.32 Å². The monoisotopic (exact) mass is 193 g/mol. The van der Waals surface area contributed by atoms with E-state index in [1.807, 2.05) is 24.3 Å². The van der Waals surface area contributed by atoms with Crippen molar-refractivity contribution in [1.82, 2.24) is 0 Å². The number of rotatable bonds is 3. The Morgan fingerprint density at radius 1 is 1.46 bits per heavy atom. The average Bonchev–Trinajstić information content (AvgIpc) is 2.08. The lowest BCUT2D eigenvalue weighted by atomic mass is 10.1. The van der Waals surface area contributed by atoms with E-state index in [4.69, 9.17) is 12.2 Å². The van der Waals surface area contributed by atoms with Crippen molar-refractivity contribution in [3.63, 3.8) is 0 Å². The number of anilines is 1. The van der Waals surface area contributed by atoms with Gasteiger partial charge in [-0.05, 0) is 23.1 Å². The van der Waals surface area contributed by atoms with Crippen LogP contribution in [-0.4, -0.2) is 11.3 Å². The molecule has 0 unspecified atom stereocenters. The Bertz CT molecular complexity index is 305. The van der Waals surface area contributed by atoms with Gasteiger partial charge in [0.25, 0.3) is 0 Å². The molecule has 1 rings (SSSR count). The van der Waals surface area contributed by atoms with E-state index in [1.54, 1.807) is 5.37 Å². The number of hydrogen-bond acceptors (Lipinski definition) is 2. The van der Waals surface area contributed by atoms with Crippen LogP contribution in [0.2, 0.25) is 0 Å². The van der Waals surface area contributed by atoms with Crippen LogP contribution >= 0.6 is 12.2 Å². The van der Waals surface area contributed by atoms with Crippen LogP contribution in [0.15, 0.2) is 24.3 Å².